The van der Waals surface area contributed by atoms with Gasteiger partial charge in [0.25, 0.3) is 0 Å². The molecule has 0 amide bonds. The first-order valence-electron chi connectivity index (χ1n) is 7.51. The number of hydrogen-bond acceptors (Lipinski definition) is 3. The molecule has 0 spiro atoms. The first-order chi connectivity index (χ1) is 9.56. The molecule has 1 aromatic rings. The standard InChI is InChI=1S/C17H27N3/c1-5-17(14-18,19-6-2)12-7-13-20(4)16-10-8-15(3)9-11-16/h8-11,19H,5-7,12-13H2,1-4H3. The van der Waals surface area contributed by atoms with E-state index in [2.05, 4.69) is 68.4 Å². The van der Waals surface area contributed by atoms with Gasteiger partial charge in [-0.1, -0.05) is 31.5 Å². The van der Waals surface area contributed by atoms with Crippen molar-refractivity contribution in [2.75, 3.05) is 25.0 Å². The molecule has 1 unspecified atom stereocenters. The fourth-order valence-electron chi connectivity index (χ4n) is 2.45. The molecule has 0 bridgehead atoms. The molecular weight excluding hydrogens is 246 g/mol. The van der Waals surface area contributed by atoms with Crippen molar-refractivity contribution < 1.29 is 0 Å². The summed E-state index contributed by atoms with van der Waals surface area (Å²) in [5, 5.41) is 12.7. The van der Waals surface area contributed by atoms with Gasteiger partial charge in [0.1, 0.15) is 5.54 Å². The highest BCUT2D eigenvalue weighted by atomic mass is 15.1. The Kier molecular flexibility index (Phi) is 6.54. The van der Waals surface area contributed by atoms with Gasteiger partial charge >= 0.3 is 0 Å². The second kappa shape index (κ2) is 7.91. The number of hydrogen-bond donors (Lipinski definition) is 1. The second-order valence-corrected chi connectivity index (χ2v) is 5.44. The molecule has 1 aromatic carbocycles. The molecule has 0 aliphatic heterocycles. The lowest BCUT2D eigenvalue weighted by atomic mass is 9.92. The first kappa shape index (κ1) is 16.5. The second-order valence-electron chi connectivity index (χ2n) is 5.44. The SMILES string of the molecule is CCNC(C#N)(CC)CCCN(C)c1ccc(C)cc1. The van der Waals surface area contributed by atoms with Crippen molar-refractivity contribution in [1.29, 1.82) is 5.26 Å². The highest BCUT2D eigenvalue weighted by molar-refractivity contribution is 5.46. The first-order valence-corrected chi connectivity index (χ1v) is 7.51. The lowest BCUT2D eigenvalue weighted by Crippen LogP contribution is -2.43. The Morgan fingerprint density at radius 2 is 1.90 bits per heavy atom. The summed E-state index contributed by atoms with van der Waals surface area (Å²) in [6.07, 6.45) is 2.76. The summed E-state index contributed by atoms with van der Waals surface area (Å²) in [6.45, 7) is 8.05. The van der Waals surface area contributed by atoms with Crippen molar-refractivity contribution in [2.45, 2.75) is 45.6 Å². The van der Waals surface area contributed by atoms with Gasteiger partial charge in [-0.15, -0.1) is 0 Å². The number of nitriles is 1. The minimum atomic E-state index is -0.358. The van der Waals surface area contributed by atoms with Crippen LogP contribution in [0.25, 0.3) is 0 Å². The van der Waals surface area contributed by atoms with Crippen LogP contribution in [-0.2, 0) is 0 Å². The summed E-state index contributed by atoms with van der Waals surface area (Å²) >= 11 is 0. The van der Waals surface area contributed by atoms with E-state index in [-0.39, 0.29) is 5.54 Å². The third kappa shape index (κ3) is 4.54. The molecule has 0 saturated heterocycles. The van der Waals surface area contributed by atoms with E-state index in [0.717, 1.165) is 32.4 Å². The van der Waals surface area contributed by atoms with Gasteiger partial charge in [0.15, 0.2) is 0 Å². The van der Waals surface area contributed by atoms with Crippen LogP contribution in [0.2, 0.25) is 0 Å². The van der Waals surface area contributed by atoms with Crippen LogP contribution in [0.3, 0.4) is 0 Å². The molecule has 0 aliphatic carbocycles. The van der Waals surface area contributed by atoms with E-state index in [1.807, 2.05) is 0 Å². The summed E-state index contributed by atoms with van der Waals surface area (Å²) in [6, 6.07) is 11.0. The zero-order chi connectivity index (χ0) is 15.0. The van der Waals surface area contributed by atoms with Gasteiger partial charge in [-0.05, 0) is 44.9 Å². The zero-order valence-electron chi connectivity index (χ0n) is 13.2. The van der Waals surface area contributed by atoms with Gasteiger partial charge in [-0.2, -0.15) is 5.26 Å². The van der Waals surface area contributed by atoms with E-state index in [4.69, 9.17) is 0 Å². The average Bonchev–Trinajstić information content (AvgIpc) is 2.47. The van der Waals surface area contributed by atoms with Crippen molar-refractivity contribution in [1.82, 2.24) is 5.32 Å². The normalized spacial score (nSPS) is 13.6. The maximum atomic E-state index is 9.39. The Hall–Kier alpha value is -1.53. The predicted octanol–water partition coefficient (Wildman–Crippen LogP) is 3.49. The van der Waals surface area contributed by atoms with Gasteiger partial charge in [0.05, 0.1) is 6.07 Å². The summed E-state index contributed by atoms with van der Waals surface area (Å²) in [4.78, 5) is 2.25. The molecule has 1 rings (SSSR count). The lowest BCUT2D eigenvalue weighted by Gasteiger charge is -2.27. The molecule has 0 fully saturated rings. The average molecular weight is 273 g/mol. The highest BCUT2D eigenvalue weighted by Gasteiger charge is 2.25. The molecule has 0 heterocycles. The molecule has 1 N–H and O–H groups in total. The van der Waals surface area contributed by atoms with Crippen LogP contribution < -0.4 is 10.2 Å². The topological polar surface area (TPSA) is 39.1 Å². The third-order valence-corrected chi connectivity index (χ3v) is 3.90. The summed E-state index contributed by atoms with van der Waals surface area (Å²) < 4.78 is 0. The fraction of sp³-hybridized carbons (Fsp3) is 0.588. The maximum Gasteiger partial charge on any atom is 0.106 e. The third-order valence-electron chi connectivity index (χ3n) is 3.90. The number of nitrogens with one attached hydrogen (secondary N) is 1. The highest BCUT2D eigenvalue weighted by Crippen LogP contribution is 2.19. The predicted molar refractivity (Wildman–Crippen MR) is 86.0 cm³/mol. The summed E-state index contributed by atoms with van der Waals surface area (Å²) in [5.41, 5.74) is 2.16. The van der Waals surface area contributed by atoms with E-state index < -0.39 is 0 Å². The van der Waals surface area contributed by atoms with E-state index in [0.29, 0.717) is 0 Å². The molecule has 0 saturated carbocycles. The van der Waals surface area contributed by atoms with Crippen LogP contribution in [0.5, 0.6) is 0 Å². The van der Waals surface area contributed by atoms with Gasteiger partial charge < -0.3 is 4.90 Å². The van der Waals surface area contributed by atoms with Crippen molar-refractivity contribution >= 4 is 5.69 Å². The van der Waals surface area contributed by atoms with Crippen LogP contribution in [0.4, 0.5) is 5.69 Å². The van der Waals surface area contributed by atoms with Gasteiger partial charge in [0, 0.05) is 19.3 Å². The molecule has 20 heavy (non-hydrogen) atoms. The van der Waals surface area contributed by atoms with Crippen molar-refractivity contribution in [3.05, 3.63) is 29.8 Å². The van der Waals surface area contributed by atoms with E-state index in [1.165, 1.54) is 11.3 Å². The van der Waals surface area contributed by atoms with Crippen LogP contribution in [-0.4, -0.2) is 25.7 Å². The van der Waals surface area contributed by atoms with Crippen molar-refractivity contribution in [3.8, 4) is 6.07 Å². The Morgan fingerprint density at radius 1 is 1.25 bits per heavy atom. The number of rotatable bonds is 8. The molecule has 1 atom stereocenters. The van der Waals surface area contributed by atoms with Crippen molar-refractivity contribution in [3.63, 3.8) is 0 Å². The van der Waals surface area contributed by atoms with Gasteiger partial charge in [-0.25, -0.2) is 0 Å². The van der Waals surface area contributed by atoms with Gasteiger partial charge in [-0.3, -0.25) is 5.32 Å². The fourth-order valence-corrected chi connectivity index (χ4v) is 2.45. The van der Waals surface area contributed by atoms with E-state index in [9.17, 15) is 5.26 Å². The molecule has 3 nitrogen and oxygen atoms in total. The lowest BCUT2D eigenvalue weighted by molar-refractivity contribution is 0.373. The van der Waals surface area contributed by atoms with Gasteiger partial charge in [0.2, 0.25) is 0 Å². The molecule has 0 aromatic heterocycles. The minimum Gasteiger partial charge on any atom is -0.375 e. The van der Waals surface area contributed by atoms with Crippen molar-refractivity contribution in [2.24, 2.45) is 0 Å². The van der Waals surface area contributed by atoms with Crippen LogP contribution in [0.15, 0.2) is 24.3 Å². The zero-order valence-corrected chi connectivity index (χ0v) is 13.2. The maximum absolute atomic E-state index is 9.39. The largest absolute Gasteiger partial charge is 0.375 e. The Balaban J connectivity index is 2.50. The molecule has 110 valence electrons. The monoisotopic (exact) mass is 273 g/mol. The molecule has 0 aliphatic rings. The summed E-state index contributed by atoms with van der Waals surface area (Å²) in [5.74, 6) is 0. The summed E-state index contributed by atoms with van der Waals surface area (Å²) in [7, 11) is 2.11. The Bertz CT molecular complexity index is 433. The number of anilines is 1. The molecular formula is C17H27N3. The van der Waals surface area contributed by atoms with Crippen LogP contribution in [0.1, 0.15) is 38.7 Å². The van der Waals surface area contributed by atoms with E-state index >= 15 is 0 Å². The minimum absolute atomic E-state index is 0.358. The molecule has 3 heteroatoms. The molecule has 0 radical (unpaired) electrons. The van der Waals surface area contributed by atoms with Crippen LogP contribution >= 0.6 is 0 Å². The van der Waals surface area contributed by atoms with Crippen LogP contribution in [0, 0.1) is 18.3 Å². The number of benzene rings is 1. The van der Waals surface area contributed by atoms with E-state index in [1.54, 1.807) is 0 Å². The Labute approximate surface area is 123 Å². The quantitative estimate of drug-likeness (QED) is 0.788. The number of aryl methyl sites for hydroxylation is 1. The number of nitrogens with zero attached hydrogens (tertiary/aromatic N) is 2. The Morgan fingerprint density at radius 3 is 2.40 bits per heavy atom. The smallest absolute Gasteiger partial charge is 0.106 e.